The van der Waals surface area contributed by atoms with Crippen molar-refractivity contribution in [3.05, 3.63) is 29.3 Å². The standard InChI is InChI=1S/C10H12N2O2/c11-4-3-10(14)7-1-2-9(13)8(5-7)6-12/h1-2,5,10,13-14H,3-4,11H2. The van der Waals surface area contributed by atoms with Crippen molar-refractivity contribution < 1.29 is 10.2 Å². The molecule has 0 amide bonds. The van der Waals surface area contributed by atoms with Gasteiger partial charge in [0.05, 0.1) is 11.7 Å². The number of hydrogen-bond acceptors (Lipinski definition) is 4. The summed E-state index contributed by atoms with van der Waals surface area (Å²) in [5, 5.41) is 27.4. The number of hydrogen-bond donors (Lipinski definition) is 3. The van der Waals surface area contributed by atoms with Crippen LogP contribution in [0, 0.1) is 11.3 Å². The second-order valence-corrected chi connectivity index (χ2v) is 2.98. The maximum Gasteiger partial charge on any atom is 0.133 e. The number of aliphatic hydroxyl groups excluding tert-OH is 1. The number of aliphatic hydroxyl groups is 1. The van der Waals surface area contributed by atoms with E-state index in [0.717, 1.165) is 0 Å². The predicted molar refractivity (Wildman–Crippen MR) is 51.5 cm³/mol. The van der Waals surface area contributed by atoms with E-state index >= 15 is 0 Å². The Morgan fingerprint density at radius 1 is 1.50 bits per heavy atom. The van der Waals surface area contributed by atoms with Gasteiger partial charge in [0.2, 0.25) is 0 Å². The highest BCUT2D eigenvalue weighted by molar-refractivity contribution is 5.44. The van der Waals surface area contributed by atoms with Crippen LogP contribution in [0.15, 0.2) is 18.2 Å². The Balaban J connectivity index is 2.95. The van der Waals surface area contributed by atoms with Gasteiger partial charge in [0.15, 0.2) is 0 Å². The quantitative estimate of drug-likeness (QED) is 0.655. The third-order valence-electron chi connectivity index (χ3n) is 1.97. The smallest absolute Gasteiger partial charge is 0.133 e. The molecule has 0 heterocycles. The minimum Gasteiger partial charge on any atom is -0.507 e. The third kappa shape index (κ3) is 2.22. The molecule has 0 aliphatic heterocycles. The zero-order chi connectivity index (χ0) is 10.6. The summed E-state index contributed by atoms with van der Waals surface area (Å²) in [5.74, 6) is -0.0730. The normalized spacial score (nSPS) is 12.1. The lowest BCUT2D eigenvalue weighted by atomic mass is 10.0. The predicted octanol–water partition coefficient (Wildman–Crippen LogP) is 0.646. The van der Waals surface area contributed by atoms with Crippen LogP contribution < -0.4 is 5.73 Å². The molecule has 1 aromatic rings. The monoisotopic (exact) mass is 192 g/mol. The Morgan fingerprint density at radius 2 is 2.21 bits per heavy atom. The van der Waals surface area contributed by atoms with Gasteiger partial charge >= 0.3 is 0 Å². The molecule has 0 saturated heterocycles. The molecular weight excluding hydrogens is 180 g/mol. The van der Waals surface area contributed by atoms with Crippen LogP contribution in [-0.2, 0) is 0 Å². The van der Waals surface area contributed by atoms with Gasteiger partial charge in [-0.15, -0.1) is 0 Å². The van der Waals surface area contributed by atoms with E-state index in [1.165, 1.54) is 12.1 Å². The van der Waals surface area contributed by atoms with Gasteiger partial charge in [0, 0.05) is 0 Å². The number of aromatic hydroxyl groups is 1. The molecule has 0 spiro atoms. The summed E-state index contributed by atoms with van der Waals surface area (Å²) >= 11 is 0. The van der Waals surface area contributed by atoms with Crippen molar-refractivity contribution in [2.75, 3.05) is 6.54 Å². The van der Waals surface area contributed by atoms with Crippen LogP contribution in [0.3, 0.4) is 0 Å². The molecule has 1 aromatic carbocycles. The first-order valence-corrected chi connectivity index (χ1v) is 4.30. The van der Waals surface area contributed by atoms with Crippen molar-refractivity contribution in [3.63, 3.8) is 0 Å². The molecular formula is C10H12N2O2. The first-order valence-electron chi connectivity index (χ1n) is 4.30. The minimum absolute atomic E-state index is 0.0730. The Hall–Kier alpha value is -1.57. The van der Waals surface area contributed by atoms with Gasteiger partial charge in [0.25, 0.3) is 0 Å². The minimum atomic E-state index is -0.673. The summed E-state index contributed by atoms with van der Waals surface area (Å²) in [6.07, 6.45) is -0.233. The van der Waals surface area contributed by atoms with Gasteiger partial charge in [-0.3, -0.25) is 0 Å². The molecule has 14 heavy (non-hydrogen) atoms. The van der Waals surface area contributed by atoms with Crippen molar-refractivity contribution in [3.8, 4) is 11.8 Å². The number of nitrogens with two attached hydrogens (primary N) is 1. The lowest BCUT2D eigenvalue weighted by Gasteiger charge is -2.09. The molecule has 0 aliphatic rings. The van der Waals surface area contributed by atoms with Gasteiger partial charge < -0.3 is 15.9 Å². The van der Waals surface area contributed by atoms with Crippen LogP contribution in [0.5, 0.6) is 5.75 Å². The van der Waals surface area contributed by atoms with E-state index < -0.39 is 6.10 Å². The molecule has 1 unspecified atom stereocenters. The summed E-state index contributed by atoms with van der Waals surface area (Å²) in [6, 6.07) is 6.28. The topological polar surface area (TPSA) is 90.3 Å². The fourth-order valence-corrected chi connectivity index (χ4v) is 1.18. The summed E-state index contributed by atoms with van der Waals surface area (Å²) in [7, 11) is 0. The van der Waals surface area contributed by atoms with E-state index in [9.17, 15) is 10.2 Å². The van der Waals surface area contributed by atoms with Crippen LogP contribution >= 0.6 is 0 Å². The molecule has 0 saturated carbocycles. The largest absolute Gasteiger partial charge is 0.507 e. The van der Waals surface area contributed by atoms with Crippen LogP contribution in [-0.4, -0.2) is 16.8 Å². The Morgan fingerprint density at radius 3 is 2.79 bits per heavy atom. The van der Waals surface area contributed by atoms with Crippen LogP contribution in [0.2, 0.25) is 0 Å². The first-order chi connectivity index (χ1) is 6.69. The van der Waals surface area contributed by atoms with Gasteiger partial charge in [-0.05, 0) is 30.7 Å². The Kier molecular flexibility index (Phi) is 3.46. The van der Waals surface area contributed by atoms with E-state index in [1.54, 1.807) is 6.07 Å². The molecule has 0 radical (unpaired) electrons. The van der Waals surface area contributed by atoms with E-state index in [2.05, 4.69) is 0 Å². The summed E-state index contributed by atoms with van der Waals surface area (Å²) in [4.78, 5) is 0. The number of nitriles is 1. The number of phenols is 1. The van der Waals surface area contributed by atoms with Crippen molar-refractivity contribution in [2.45, 2.75) is 12.5 Å². The second-order valence-electron chi connectivity index (χ2n) is 2.98. The lowest BCUT2D eigenvalue weighted by molar-refractivity contribution is 0.170. The van der Waals surface area contributed by atoms with Crippen molar-refractivity contribution >= 4 is 0 Å². The third-order valence-corrected chi connectivity index (χ3v) is 1.97. The van der Waals surface area contributed by atoms with Gasteiger partial charge in [0.1, 0.15) is 11.8 Å². The van der Waals surface area contributed by atoms with Gasteiger partial charge in [-0.2, -0.15) is 5.26 Å². The van der Waals surface area contributed by atoms with Gasteiger partial charge in [-0.1, -0.05) is 6.07 Å². The zero-order valence-electron chi connectivity index (χ0n) is 7.64. The maximum atomic E-state index is 9.56. The van der Waals surface area contributed by atoms with Gasteiger partial charge in [-0.25, -0.2) is 0 Å². The average Bonchev–Trinajstić information content (AvgIpc) is 2.19. The molecule has 74 valence electrons. The second kappa shape index (κ2) is 4.61. The number of rotatable bonds is 3. The van der Waals surface area contributed by atoms with E-state index in [1.807, 2.05) is 6.07 Å². The molecule has 4 heteroatoms. The highest BCUT2D eigenvalue weighted by Gasteiger charge is 2.09. The molecule has 0 aromatic heterocycles. The average molecular weight is 192 g/mol. The fraction of sp³-hybridized carbons (Fsp3) is 0.300. The van der Waals surface area contributed by atoms with Crippen LogP contribution in [0.4, 0.5) is 0 Å². The molecule has 4 nitrogen and oxygen atoms in total. The lowest BCUT2D eigenvalue weighted by Crippen LogP contribution is -2.06. The Labute approximate surface area is 82.2 Å². The van der Waals surface area contributed by atoms with Crippen LogP contribution in [0.1, 0.15) is 23.7 Å². The summed E-state index contributed by atoms with van der Waals surface area (Å²) < 4.78 is 0. The van der Waals surface area contributed by atoms with E-state index in [0.29, 0.717) is 18.5 Å². The molecule has 1 rings (SSSR count). The first kappa shape index (κ1) is 10.5. The van der Waals surface area contributed by atoms with Crippen molar-refractivity contribution in [1.29, 1.82) is 5.26 Å². The summed E-state index contributed by atoms with van der Waals surface area (Å²) in [6.45, 7) is 0.379. The molecule has 4 N–H and O–H groups in total. The summed E-state index contributed by atoms with van der Waals surface area (Å²) in [5.41, 5.74) is 6.06. The van der Waals surface area contributed by atoms with E-state index in [4.69, 9.17) is 11.0 Å². The number of benzene rings is 1. The molecule has 0 bridgehead atoms. The maximum absolute atomic E-state index is 9.56. The zero-order valence-corrected chi connectivity index (χ0v) is 7.64. The fourth-order valence-electron chi connectivity index (χ4n) is 1.18. The van der Waals surface area contributed by atoms with Crippen molar-refractivity contribution in [2.24, 2.45) is 5.73 Å². The number of phenolic OH excluding ortho intramolecular Hbond substituents is 1. The SMILES string of the molecule is N#Cc1cc(C(O)CCN)ccc1O. The van der Waals surface area contributed by atoms with Crippen LogP contribution in [0.25, 0.3) is 0 Å². The molecule has 0 fully saturated rings. The number of nitrogens with zero attached hydrogens (tertiary/aromatic N) is 1. The Bertz CT molecular complexity index is 358. The molecule has 1 atom stereocenters. The van der Waals surface area contributed by atoms with E-state index in [-0.39, 0.29) is 11.3 Å². The highest BCUT2D eigenvalue weighted by Crippen LogP contribution is 2.22. The highest BCUT2D eigenvalue weighted by atomic mass is 16.3. The van der Waals surface area contributed by atoms with Crippen molar-refractivity contribution in [1.82, 2.24) is 0 Å². The molecule has 0 aliphatic carbocycles.